The molecule has 2 nitrogen and oxygen atoms in total. The molecule has 5 heteroatoms. The number of aliphatic hydroxyl groups is 1. The molecule has 1 aromatic carbocycles. The average molecular weight is 247 g/mol. The summed E-state index contributed by atoms with van der Waals surface area (Å²) in [6, 6.07) is 5.74. The lowest BCUT2D eigenvalue weighted by molar-refractivity contribution is -0.258. The fourth-order valence-corrected chi connectivity index (χ4v) is 1.39. The number of alkyl halides is 3. The number of halogens is 3. The fraction of sp³-hybridized carbons (Fsp3) is 0.500. The van der Waals surface area contributed by atoms with Gasteiger partial charge in [-0.05, 0) is 31.5 Å². The molecule has 1 aromatic rings. The van der Waals surface area contributed by atoms with Crippen LogP contribution in [0.2, 0.25) is 0 Å². The molecule has 0 aliphatic heterocycles. The number of nitrogens with zero attached hydrogens (tertiary/aromatic N) is 1. The van der Waals surface area contributed by atoms with Gasteiger partial charge in [-0.25, -0.2) is 0 Å². The van der Waals surface area contributed by atoms with Gasteiger partial charge in [-0.15, -0.1) is 0 Å². The Morgan fingerprint density at radius 2 is 1.65 bits per heavy atom. The van der Waals surface area contributed by atoms with Gasteiger partial charge in [-0.3, -0.25) is 0 Å². The van der Waals surface area contributed by atoms with Gasteiger partial charge < -0.3 is 10.0 Å². The topological polar surface area (TPSA) is 23.5 Å². The van der Waals surface area contributed by atoms with Gasteiger partial charge in [0.25, 0.3) is 0 Å². The van der Waals surface area contributed by atoms with Crippen LogP contribution in [0.3, 0.4) is 0 Å². The van der Waals surface area contributed by atoms with E-state index in [-0.39, 0.29) is 5.56 Å². The second kappa shape index (κ2) is 4.56. The molecule has 1 unspecified atom stereocenters. The molecule has 0 heterocycles. The van der Waals surface area contributed by atoms with E-state index in [0.29, 0.717) is 0 Å². The second-order valence-corrected chi connectivity index (χ2v) is 4.13. The molecule has 0 spiro atoms. The van der Waals surface area contributed by atoms with Crippen molar-refractivity contribution in [1.82, 2.24) is 0 Å². The van der Waals surface area contributed by atoms with Crippen LogP contribution in [-0.4, -0.2) is 24.9 Å². The van der Waals surface area contributed by atoms with Crippen LogP contribution in [0.1, 0.15) is 19.4 Å². The molecule has 0 bridgehead atoms. The largest absolute Gasteiger partial charge is 0.421 e. The number of rotatable bonds is 3. The summed E-state index contributed by atoms with van der Waals surface area (Å²) in [7, 11) is 1.84. The Kier molecular flexibility index (Phi) is 3.71. The summed E-state index contributed by atoms with van der Waals surface area (Å²) < 4.78 is 37.8. The van der Waals surface area contributed by atoms with Gasteiger partial charge in [-0.1, -0.05) is 12.1 Å². The van der Waals surface area contributed by atoms with Gasteiger partial charge in [0.1, 0.15) is 0 Å². The smallest absolute Gasteiger partial charge is 0.376 e. The third-order valence-electron chi connectivity index (χ3n) is 2.90. The van der Waals surface area contributed by atoms with Crippen LogP contribution in [0, 0.1) is 0 Å². The van der Waals surface area contributed by atoms with Gasteiger partial charge in [0, 0.05) is 19.3 Å². The molecule has 1 atom stereocenters. The van der Waals surface area contributed by atoms with Gasteiger partial charge in [0.15, 0.2) is 5.60 Å². The van der Waals surface area contributed by atoms with Gasteiger partial charge in [0.2, 0.25) is 0 Å². The molecule has 0 radical (unpaired) electrons. The van der Waals surface area contributed by atoms with E-state index in [9.17, 15) is 18.3 Å². The van der Waals surface area contributed by atoms with E-state index in [1.165, 1.54) is 12.1 Å². The number of hydrogen-bond donors (Lipinski definition) is 1. The van der Waals surface area contributed by atoms with E-state index in [2.05, 4.69) is 0 Å². The van der Waals surface area contributed by atoms with E-state index in [1.807, 2.05) is 18.9 Å². The first-order valence-corrected chi connectivity index (χ1v) is 5.31. The predicted molar refractivity (Wildman–Crippen MR) is 61.0 cm³/mol. The van der Waals surface area contributed by atoms with Crippen LogP contribution in [0.4, 0.5) is 18.9 Å². The summed E-state index contributed by atoms with van der Waals surface area (Å²) in [5.74, 6) is 0. The van der Waals surface area contributed by atoms with Crippen molar-refractivity contribution in [2.75, 3.05) is 18.5 Å². The Hall–Kier alpha value is -1.23. The van der Waals surface area contributed by atoms with Crippen molar-refractivity contribution in [2.45, 2.75) is 25.6 Å². The second-order valence-electron chi connectivity index (χ2n) is 4.13. The minimum absolute atomic E-state index is 0.154. The highest BCUT2D eigenvalue weighted by Crippen LogP contribution is 2.38. The van der Waals surface area contributed by atoms with Crippen LogP contribution in [-0.2, 0) is 5.60 Å². The molecule has 1 N–H and O–H groups in total. The summed E-state index contributed by atoms with van der Waals surface area (Å²) in [5, 5.41) is 9.47. The third kappa shape index (κ3) is 2.72. The van der Waals surface area contributed by atoms with Crippen LogP contribution in [0.15, 0.2) is 24.3 Å². The van der Waals surface area contributed by atoms with Crippen LogP contribution in [0.5, 0.6) is 0 Å². The molecule has 0 fully saturated rings. The highest BCUT2D eigenvalue weighted by Gasteiger charge is 2.51. The summed E-state index contributed by atoms with van der Waals surface area (Å²) in [4.78, 5) is 1.89. The number of hydrogen-bond acceptors (Lipinski definition) is 2. The van der Waals surface area contributed by atoms with E-state index in [1.54, 1.807) is 12.1 Å². The lowest BCUT2D eigenvalue weighted by atomic mass is 9.95. The van der Waals surface area contributed by atoms with E-state index >= 15 is 0 Å². The Morgan fingerprint density at radius 1 is 1.18 bits per heavy atom. The maximum absolute atomic E-state index is 12.6. The molecule has 17 heavy (non-hydrogen) atoms. The molecular formula is C12H16F3NO. The van der Waals surface area contributed by atoms with Crippen LogP contribution >= 0.6 is 0 Å². The Morgan fingerprint density at radius 3 is 2.00 bits per heavy atom. The van der Waals surface area contributed by atoms with Gasteiger partial charge in [0.05, 0.1) is 0 Å². The number of benzene rings is 1. The predicted octanol–water partition coefficient (Wildman–Crippen LogP) is 2.91. The van der Waals surface area contributed by atoms with Crippen molar-refractivity contribution in [3.8, 4) is 0 Å². The SMILES string of the molecule is CCN(C)c1ccc(C(C)(O)C(F)(F)F)cc1. The van der Waals surface area contributed by atoms with Crippen molar-refractivity contribution in [1.29, 1.82) is 0 Å². The maximum Gasteiger partial charge on any atom is 0.421 e. The summed E-state index contributed by atoms with van der Waals surface area (Å²) >= 11 is 0. The third-order valence-corrected chi connectivity index (χ3v) is 2.90. The minimum Gasteiger partial charge on any atom is -0.376 e. The summed E-state index contributed by atoms with van der Waals surface area (Å²) in [6.45, 7) is 3.46. The van der Waals surface area contributed by atoms with Crippen molar-refractivity contribution in [2.24, 2.45) is 0 Å². The normalized spacial score (nSPS) is 15.5. The fourth-order valence-electron chi connectivity index (χ4n) is 1.39. The summed E-state index contributed by atoms with van der Waals surface area (Å²) in [5.41, 5.74) is -2.15. The molecule has 0 saturated carbocycles. The van der Waals surface area contributed by atoms with E-state index < -0.39 is 11.8 Å². The Bertz CT molecular complexity index is 370. The monoisotopic (exact) mass is 247 g/mol. The highest BCUT2D eigenvalue weighted by atomic mass is 19.4. The van der Waals surface area contributed by atoms with Crippen molar-refractivity contribution in [3.05, 3.63) is 29.8 Å². The lowest BCUT2D eigenvalue weighted by Gasteiger charge is -2.27. The highest BCUT2D eigenvalue weighted by molar-refractivity contribution is 5.47. The van der Waals surface area contributed by atoms with E-state index in [4.69, 9.17) is 0 Å². The maximum atomic E-state index is 12.6. The van der Waals surface area contributed by atoms with Gasteiger partial charge >= 0.3 is 6.18 Å². The molecular weight excluding hydrogens is 231 g/mol. The molecule has 0 aliphatic carbocycles. The first kappa shape index (κ1) is 13.8. The zero-order chi connectivity index (χ0) is 13.3. The Balaban J connectivity index is 3.03. The quantitative estimate of drug-likeness (QED) is 0.887. The molecule has 0 aromatic heterocycles. The van der Waals surface area contributed by atoms with Crippen molar-refractivity contribution >= 4 is 5.69 Å². The lowest BCUT2D eigenvalue weighted by Crippen LogP contribution is -2.39. The van der Waals surface area contributed by atoms with Crippen molar-refractivity contribution < 1.29 is 18.3 Å². The molecule has 0 saturated heterocycles. The molecule has 96 valence electrons. The first-order valence-electron chi connectivity index (χ1n) is 5.31. The molecule has 1 rings (SSSR count). The zero-order valence-corrected chi connectivity index (χ0v) is 10.0. The molecule has 0 aliphatic rings. The first-order chi connectivity index (χ1) is 7.70. The summed E-state index contributed by atoms with van der Waals surface area (Å²) in [6.07, 6.45) is -4.68. The standard InChI is InChI=1S/C12H16F3NO/c1-4-16(3)10-7-5-9(6-8-10)11(2,17)12(13,14)15/h5-8,17H,4H2,1-3H3. The average Bonchev–Trinajstić information content (AvgIpc) is 2.26. The van der Waals surface area contributed by atoms with Gasteiger partial charge in [-0.2, -0.15) is 13.2 Å². The van der Waals surface area contributed by atoms with Crippen LogP contribution < -0.4 is 4.90 Å². The van der Waals surface area contributed by atoms with E-state index in [0.717, 1.165) is 19.2 Å². The van der Waals surface area contributed by atoms with Crippen molar-refractivity contribution in [3.63, 3.8) is 0 Å². The minimum atomic E-state index is -4.68. The molecule has 0 amide bonds. The zero-order valence-electron chi connectivity index (χ0n) is 10.0. The number of anilines is 1. The Labute approximate surface area is 98.7 Å². The van der Waals surface area contributed by atoms with Crippen LogP contribution in [0.25, 0.3) is 0 Å².